The maximum absolute atomic E-state index is 13.1. The highest BCUT2D eigenvalue weighted by molar-refractivity contribution is 7.92. The summed E-state index contributed by atoms with van der Waals surface area (Å²) < 4.78 is 77.6. The van der Waals surface area contributed by atoms with E-state index in [0.29, 0.717) is 28.0 Å². The van der Waals surface area contributed by atoms with Gasteiger partial charge in [0.2, 0.25) is 10.0 Å². The van der Waals surface area contributed by atoms with Gasteiger partial charge in [0.15, 0.2) is 17.3 Å². The van der Waals surface area contributed by atoms with Gasteiger partial charge in [-0.3, -0.25) is 9.29 Å². The number of aromatic nitrogens is 1. The highest BCUT2D eigenvalue weighted by Crippen LogP contribution is 2.34. The number of hydrogen-bond acceptors (Lipinski definition) is 5. The summed E-state index contributed by atoms with van der Waals surface area (Å²) >= 11 is 0. The first kappa shape index (κ1) is 26.0. The minimum Gasteiger partial charge on any atom is -0.485 e. The summed E-state index contributed by atoms with van der Waals surface area (Å²) in [6, 6.07) is 25.5. The molecule has 1 aromatic heterocycles. The van der Waals surface area contributed by atoms with Crippen molar-refractivity contribution in [3.8, 4) is 17.2 Å². The number of hydrogen-bond donors (Lipinski definition) is 0. The molecule has 10 heteroatoms. The van der Waals surface area contributed by atoms with Crippen LogP contribution in [-0.4, -0.2) is 25.3 Å². The number of halogens is 3. The van der Waals surface area contributed by atoms with Crippen LogP contribution in [0.3, 0.4) is 0 Å². The van der Waals surface area contributed by atoms with Crippen molar-refractivity contribution >= 4 is 15.7 Å². The van der Waals surface area contributed by atoms with Crippen molar-refractivity contribution in [1.82, 2.24) is 4.98 Å². The topological polar surface area (TPSA) is 68.7 Å². The summed E-state index contributed by atoms with van der Waals surface area (Å²) in [6.07, 6.45) is -2.02. The molecule has 0 spiro atoms. The average Bonchev–Trinajstić information content (AvgIpc) is 2.87. The zero-order chi connectivity index (χ0) is 26.3. The number of ether oxygens (including phenoxy) is 2. The fourth-order valence-corrected chi connectivity index (χ4v) is 4.86. The van der Waals surface area contributed by atoms with Crippen LogP contribution in [0.5, 0.6) is 17.2 Å². The van der Waals surface area contributed by atoms with Crippen LogP contribution >= 0.6 is 0 Å². The van der Waals surface area contributed by atoms with E-state index in [-0.39, 0.29) is 18.0 Å². The molecule has 1 heterocycles. The molecule has 0 fully saturated rings. The third-order valence-electron chi connectivity index (χ3n) is 5.15. The van der Waals surface area contributed by atoms with Crippen LogP contribution in [0, 0.1) is 0 Å². The summed E-state index contributed by atoms with van der Waals surface area (Å²) in [5.74, 6) is -0.950. The van der Waals surface area contributed by atoms with Crippen LogP contribution in [0.25, 0.3) is 0 Å². The number of rotatable bonds is 10. The molecule has 4 rings (SSSR count). The summed E-state index contributed by atoms with van der Waals surface area (Å²) in [5, 5.41) is 0. The number of pyridine rings is 1. The Morgan fingerprint density at radius 2 is 1.51 bits per heavy atom. The van der Waals surface area contributed by atoms with E-state index in [0.717, 1.165) is 5.56 Å². The Balaban J connectivity index is 1.60. The number of alkyl halides is 3. The van der Waals surface area contributed by atoms with Gasteiger partial charge < -0.3 is 9.47 Å². The molecule has 37 heavy (non-hydrogen) atoms. The van der Waals surface area contributed by atoms with E-state index in [1.54, 1.807) is 42.5 Å². The van der Waals surface area contributed by atoms with E-state index < -0.39 is 22.0 Å². The van der Waals surface area contributed by atoms with Gasteiger partial charge >= 0.3 is 6.18 Å². The predicted molar refractivity (Wildman–Crippen MR) is 134 cm³/mol. The van der Waals surface area contributed by atoms with Crippen LogP contribution in [0.15, 0.2) is 103 Å². The van der Waals surface area contributed by atoms with E-state index >= 15 is 0 Å². The van der Waals surface area contributed by atoms with Crippen molar-refractivity contribution in [1.29, 1.82) is 0 Å². The molecule has 0 radical (unpaired) electrons. The van der Waals surface area contributed by atoms with E-state index in [2.05, 4.69) is 4.98 Å². The van der Waals surface area contributed by atoms with Crippen molar-refractivity contribution in [3.63, 3.8) is 0 Å². The van der Waals surface area contributed by atoms with Gasteiger partial charge in [0.1, 0.15) is 12.4 Å². The highest BCUT2D eigenvalue weighted by Gasteiger charge is 2.38. The number of anilines is 1. The van der Waals surface area contributed by atoms with E-state index in [1.807, 2.05) is 30.3 Å². The van der Waals surface area contributed by atoms with Gasteiger partial charge in [-0.15, -0.1) is 0 Å². The van der Waals surface area contributed by atoms with Crippen molar-refractivity contribution in [3.05, 3.63) is 115 Å². The third-order valence-corrected chi connectivity index (χ3v) is 6.85. The highest BCUT2D eigenvalue weighted by atomic mass is 32.2. The smallest absolute Gasteiger partial charge is 0.404 e. The molecule has 0 aliphatic carbocycles. The quantitative estimate of drug-likeness (QED) is 0.240. The van der Waals surface area contributed by atoms with Crippen molar-refractivity contribution < 1.29 is 31.1 Å². The fourth-order valence-electron chi connectivity index (χ4n) is 3.51. The molecule has 0 unspecified atom stereocenters. The third kappa shape index (κ3) is 7.47. The van der Waals surface area contributed by atoms with Gasteiger partial charge in [-0.1, -0.05) is 54.6 Å². The normalized spacial score (nSPS) is 11.6. The second-order valence-electron chi connectivity index (χ2n) is 8.06. The molecule has 0 amide bonds. The maximum Gasteiger partial charge on any atom is 0.404 e. The van der Waals surface area contributed by atoms with Crippen LogP contribution in [0.4, 0.5) is 18.9 Å². The fraction of sp³-hybridized carbons (Fsp3) is 0.148. The molecule has 0 saturated carbocycles. The minimum absolute atomic E-state index is 0.0216. The first-order valence-corrected chi connectivity index (χ1v) is 12.8. The Hall–Kier alpha value is -4.05. The van der Waals surface area contributed by atoms with Gasteiger partial charge in [-0.25, -0.2) is 8.42 Å². The average molecular weight is 529 g/mol. The first-order valence-electron chi connectivity index (χ1n) is 11.2. The number of benzene rings is 3. The Bertz CT molecular complexity index is 1420. The summed E-state index contributed by atoms with van der Waals surface area (Å²) in [6.45, 7) is -0.0255. The summed E-state index contributed by atoms with van der Waals surface area (Å²) in [7, 11) is -4.77. The standard InChI is InChI=1S/C27H23F3N2O4S/c28-27(29,30)20-37(33,34)32(18-22-10-7-15-31-17-22)23-11-6-12-24(16-23)36-26-14-5-4-13-25(26)35-19-21-8-2-1-3-9-21/h1-17H,18-20H2. The number of sulfonamides is 1. The van der Waals surface area contributed by atoms with Crippen molar-refractivity contribution in [2.45, 2.75) is 19.3 Å². The zero-order valence-corrected chi connectivity index (χ0v) is 20.3. The van der Waals surface area contributed by atoms with Gasteiger partial charge in [-0.2, -0.15) is 13.2 Å². The lowest BCUT2D eigenvalue weighted by Crippen LogP contribution is -2.37. The lowest BCUT2D eigenvalue weighted by atomic mass is 10.2. The van der Waals surface area contributed by atoms with Crippen molar-refractivity contribution in [2.24, 2.45) is 0 Å². The molecular weight excluding hydrogens is 505 g/mol. The molecule has 0 aliphatic heterocycles. The van der Waals surface area contributed by atoms with Gasteiger partial charge in [0, 0.05) is 18.5 Å². The van der Waals surface area contributed by atoms with Crippen LogP contribution in [-0.2, 0) is 23.2 Å². The van der Waals surface area contributed by atoms with Crippen molar-refractivity contribution in [2.75, 3.05) is 10.1 Å². The second-order valence-corrected chi connectivity index (χ2v) is 9.95. The minimum atomic E-state index is -4.91. The summed E-state index contributed by atoms with van der Waals surface area (Å²) in [5.41, 5.74) is 1.41. The number of nitrogens with zero attached hydrogens (tertiary/aromatic N) is 2. The number of para-hydroxylation sites is 2. The Morgan fingerprint density at radius 3 is 2.22 bits per heavy atom. The molecule has 0 saturated heterocycles. The molecule has 0 atom stereocenters. The Kier molecular flexibility index (Phi) is 7.98. The maximum atomic E-state index is 13.1. The van der Waals surface area contributed by atoms with Gasteiger partial charge in [0.25, 0.3) is 0 Å². The molecule has 4 aromatic rings. The van der Waals surface area contributed by atoms with E-state index in [4.69, 9.17) is 9.47 Å². The molecule has 192 valence electrons. The van der Waals surface area contributed by atoms with Crippen LogP contribution in [0.1, 0.15) is 11.1 Å². The van der Waals surface area contributed by atoms with Gasteiger partial charge in [0.05, 0.1) is 12.2 Å². The largest absolute Gasteiger partial charge is 0.485 e. The molecular formula is C27H23F3N2O4S. The van der Waals surface area contributed by atoms with Gasteiger partial charge in [-0.05, 0) is 41.5 Å². The molecule has 3 aromatic carbocycles. The lowest BCUT2D eigenvalue weighted by Gasteiger charge is -2.25. The molecule has 0 N–H and O–H groups in total. The predicted octanol–water partition coefficient (Wildman–Crippen LogP) is 6.35. The summed E-state index contributed by atoms with van der Waals surface area (Å²) in [4.78, 5) is 3.93. The second kappa shape index (κ2) is 11.3. The Labute approximate surface area is 213 Å². The lowest BCUT2D eigenvalue weighted by molar-refractivity contribution is -0.106. The zero-order valence-electron chi connectivity index (χ0n) is 19.5. The first-order chi connectivity index (χ1) is 17.7. The monoisotopic (exact) mass is 528 g/mol. The molecule has 0 aliphatic rings. The SMILES string of the molecule is O=S(=O)(CC(F)(F)F)N(Cc1cccnc1)c1cccc(Oc2ccccc2OCc2ccccc2)c1. The van der Waals surface area contributed by atoms with Crippen LogP contribution < -0.4 is 13.8 Å². The Morgan fingerprint density at radius 1 is 0.811 bits per heavy atom. The van der Waals surface area contributed by atoms with E-state index in [9.17, 15) is 21.6 Å². The molecule has 6 nitrogen and oxygen atoms in total. The van der Waals surface area contributed by atoms with E-state index in [1.165, 1.54) is 30.6 Å². The molecule has 0 bridgehead atoms. The van der Waals surface area contributed by atoms with Crippen LogP contribution in [0.2, 0.25) is 0 Å².